The van der Waals surface area contributed by atoms with Gasteiger partial charge in [-0.05, 0) is 38.8 Å². The van der Waals surface area contributed by atoms with E-state index in [1.165, 1.54) is 0 Å². The van der Waals surface area contributed by atoms with E-state index in [4.69, 9.17) is 14.0 Å². The van der Waals surface area contributed by atoms with Crippen molar-refractivity contribution in [3.63, 3.8) is 0 Å². The lowest BCUT2D eigenvalue weighted by Crippen LogP contribution is -2.46. The van der Waals surface area contributed by atoms with E-state index in [2.05, 4.69) is 5.16 Å². The van der Waals surface area contributed by atoms with Gasteiger partial charge in [-0.2, -0.15) is 0 Å². The molecule has 2 amide bonds. The van der Waals surface area contributed by atoms with E-state index >= 15 is 0 Å². The van der Waals surface area contributed by atoms with Crippen molar-refractivity contribution in [1.29, 1.82) is 0 Å². The number of hydrogen-bond donors (Lipinski definition) is 0. The van der Waals surface area contributed by atoms with Crippen LogP contribution < -0.4 is 9.47 Å². The van der Waals surface area contributed by atoms with Crippen LogP contribution in [0.15, 0.2) is 34.9 Å². The smallest absolute Gasteiger partial charge is 0.276 e. The Balaban J connectivity index is 1.59. The van der Waals surface area contributed by atoms with Gasteiger partial charge in [0, 0.05) is 38.3 Å². The van der Waals surface area contributed by atoms with Crippen LogP contribution in [0.4, 0.5) is 0 Å². The van der Waals surface area contributed by atoms with Gasteiger partial charge in [-0.3, -0.25) is 9.59 Å². The number of ether oxygens (including phenoxy) is 2. The molecule has 1 aromatic heterocycles. The SMILES string of the molecule is CCN(CC)C(=O)[C@H]1CCCN(C(=O)c2cc(COc3cccc(OC)c3)on2)C1. The molecule has 2 aromatic rings. The summed E-state index contributed by atoms with van der Waals surface area (Å²) >= 11 is 0. The molecule has 0 spiro atoms. The highest BCUT2D eigenvalue weighted by Gasteiger charge is 2.31. The maximum atomic E-state index is 12.9. The van der Waals surface area contributed by atoms with Gasteiger partial charge in [-0.1, -0.05) is 11.2 Å². The highest BCUT2D eigenvalue weighted by Crippen LogP contribution is 2.22. The lowest BCUT2D eigenvalue weighted by atomic mass is 9.96. The Bertz CT molecular complexity index is 862. The van der Waals surface area contributed by atoms with Crippen molar-refractivity contribution in [3.05, 3.63) is 41.8 Å². The molecule has 0 bridgehead atoms. The molecule has 162 valence electrons. The zero-order chi connectivity index (χ0) is 21.5. The lowest BCUT2D eigenvalue weighted by Gasteiger charge is -2.34. The van der Waals surface area contributed by atoms with E-state index in [1.807, 2.05) is 36.9 Å². The van der Waals surface area contributed by atoms with Crippen LogP contribution in [-0.2, 0) is 11.4 Å². The average Bonchev–Trinajstić information content (AvgIpc) is 3.27. The van der Waals surface area contributed by atoms with Gasteiger partial charge < -0.3 is 23.8 Å². The Labute approximate surface area is 176 Å². The predicted molar refractivity (Wildman–Crippen MR) is 110 cm³/mol. The standard InChI is InChI=1S/C22H29N3O5/c1-4-24(5-2)21(26)16-8-7-11-25(14-16)22(27)20-13-19(30-23-20)15-29-18-10-6-9-17(12-18)28-3/h6,9-10,12-13,16H,4-5,7-8,11,14-15H2,1-3H3/t16-/m0/s1. The number of hydrogen-bond acceptors (Lipinski definition) is 6. The number of piperidine rings is 1. The summed E-state index contributed by atoms with van der Waals surface area (Å²) in [6.07, 6.45) is 1.60. The van der Waals surface area contributed by atoms with E-state index in [1.54, 1.807) is 24.1 Å². The molecule has 1 aromatic carbocycles. The van der Waals surface area contributed by atoms with E-state index in [9.17, 15) is 9.59 Å². The van der Waals surface area contributed by atoms with Crippen LogP contribution in [0.2, 0.25) is 0 Å². The first-order chi connectivity index (χ1) is 14.5. The van der Waals surface area contributed by atoms with Gasteiger partial charge in [-0.15, -0.1) is 0 Å². The Kier molecular flexibility index (Phi) is 7.32. The Morgan fingerprint density at radius 3 is 2.73 bits per heavy atom. The van der Waals surface area contributed by atoms with Crippen LogP contribution in [0.1, 0.15) is 42.9 Å². The molecule has 8 heteroatoms. The minimum Gasteiger partial charge on any atom is -0.497 e. The molecule has 0 radical (unpaired) electrons. The van der Waals surface area contributed by atoms with Gasteiger partial charge in [0.2, 0.25) is 5.91 Å². The number of aromatic nitrogens is 1. The number of carbonyl (C=O) groups is 2. The third-order valence-corrected chi connectivity index (χ3v) is 5.33. The summed E-state index contributed by atoms with van der Waals surface area (Å²) in [5, 5.41) is 3.91. The quantitative estimate of drug-likeness (QED) is 0.659. The molecule has 1 aliphatic heterocycles. The number of carbonyl (C=O) groups excluding carboxylic acids is 2. The number of benzene rings is 1. The summed E-state index contributed by atoms with van der Waals surface area (Å²) in [5.74, 6) is 1.51. The topological polar surface area (TPSA) is 85.1 Å². The summed E-state index contributed by atoms with van der Waals surface area (Å²) in [5.41, 5.74) is 0.232. The van der Waals surface area contributed by atoms with Crippen LogP contribution in [0.3, 0.4) is 0 Å². The van der Waals surface area contributed by atoms with E-state index < -0.39 is 0 Å². The van der Waals surface area contributed by atoms with E-state index in [0.717, 1.165) is 12.8 Å². The maximum absolute atomic E-state index is 12.9. The van der Waals surface area contributed by atoms with Gasteiger partial charge in [0.1, 0.15) is 18.1 Å². The summed E-state index contributed by atoms with van der Waals surface area (Å²) in [6, 6.07) is 8.83. The fraction of sp³-hybridized carbons (Fsp3) is 0.500. The molecule has 8 nitrogen and oxygen atoms in total. The molecule has 0 N–H and O–H groups in total. The number of amides is 2. The van der Waals surface area contributed by atoms with Gasteiger partial charge in [0.25, 0.3) is 5.91 Å². The van der Waals surface area contributed by atoms with Crippen LogP contribution in [0, 0.1) is 5.92 Å². The summed E-state index contributed by atoms with van der Waals surface area (Å²) in [7, 11) is 1.59. The Morgan fingerprint density at radius 2 is 2.00 bits per heavy atom. The largest absolute Gasteiger partial charge is 0.497 e. The molecule has 30 heavy (non-hydrogen) atoms. The zero-order valence-corrected chi connectivity index (χ0v) is 17.8. The van der Waals surface area contributed by atoms with Gasteiger partial charge in [-0.25, -0.2) is 0 Å². The molecule has 2 heterocycles. The molecule has 1 fully saturated rings. The van der Waals surface area contributed by atoms with Crippen molar-refractivity contribution in [3.8, 4) is 11.5 Å². The fourth-order valence-electron chi connectivity index (χ4n) is 3.65. The molecule has 3 rings (SSSR count). The molecule has 0 unspecified atom stereocenters. The van der Waals surface area contributed by atoms with E-state index in [-0.39, 0.29) is 30.0 Å². The third kappa shape index (κ3) is 5.11. The highest BCUT2D eigenvalue weighted by atomic mass is 16.5. The van der Waals surface area contributed by atoms with Gasteiger partial charge >= 0.3 is 0 Å². The first-order valence-electron chi connectivity index (χ1n) is 10.4. The van der Waals surface area contributed by atoms with Crippen molar-refractivity contribution in [2.24, 2.45) is 5.92 Å². The predicted octanol–water partition coefficient (Wildman–Crippen LogP) is 2.98. The van der Waals surface area contributed by atoms with Crippen LogP contribution >= 0.6 is 0 Å². The van der Waals surface area contributed by atoms with Crippen LogP contribution in [-0.4, -0.2) is 60.1 Å². The summed E-state index contributed by atoms with van der Waals surface area (Å²) < 4.78 is 16.1. The number of likely N-dealkylation sites (tertiary alicyclic amines) is 1. The molecular weight excluding hydrogens is 386 g/mol. The van der Waals surface area contributed by atoms with Crippen molar-refractivity contribution >= 4 is 11.8 Å². The van der Waals surface area contributed by atoms with Crippen molar-refractivity contribution < 1.29 is 23.6 Å². The van der Waals surface area contributed by atoms with Gasteiger partial charge in [0.15, 0.2) is 11.5 Å². The van der Waals surface area contributed by atoms with Crippen molar-refractivity contribution in [1.82, 2.24) is 15.0 Å². The average molecular weight is 415 g/mol. The maximum Gasteiger partial charge on any atom is 0.276 e. The first-order valence-corrected chi connectivity index (χ1v) is 10.4. The molecule has 1 saturated heterocycles. The molecule has 0 aliphatic carbocycles. The lowest BCUT2D eigenvalue weighted by molar-refractivity contribution is -0.136. The van der Waals surface area contributed by atoms with E-state index in [0.29, 0.717) is 43.4 Å². The second-order valence-corrected chi connectivity index (χ2v) is 7.25. The normalized spacial score (nSPS) is 16.2. The Hall–Kier alpha value is -3.03. The monoisotopic (exact) mass is 415 g/mol. The van der Waals surface area contributed by atoms with Crippen molar-refractivity contribution in [2.75, 3.05) is 33.3 Å². The second-order valence-electron chi connectivity index (χ2n) is 7.25. The number of rotatable bonds is 8. The number of nitrogens with zero attached hydrogens (tertiary/aromatic N) is 3. The third-order valence-electron chi connectivity index (χ3n) is 5.33. The molecule has 1 aliphatic rings. The van der Waals surface area contributed by atoms with Gasteiger partial charge in [0.05, 0.1) is 13.0 Å². The summed E-state index contributed by atoms with van der Waals surface area (Å²) in [6.45, 7) is 6.48. The second kappa shape index (κ2) is 10.1. The molecule has 1 atom stereocenters. The van der Waals surface area contributed by atoms with Crippen LogP contribution in [0.5, 0.6) is 11.5 Å². The highest BCUT2D eigenvalue weighted by molar-refractivity contribution is 5.92. The van der Waals surface area contributed by atoms with Crippen molar-refractivity contribution in [2.45, 2.75) is 33.3 Å². The Morgan fingerprint density at radius 1 is 1.23 bits per heavy atom. The number of methoxy groups -OCH3 is 1. The van der Waals surface area contributed by atoms with Crippen LogP contribution in [0.25, 0.3) is 0 Å². The summed E-state index contributed by atoms with van der Waals surface area (Å²) in [4.78, 5) is 29.0. The fourth-order valence-corrected chi connectivity index (χ4v) is 3.65. The first kappa shape index (κ1) is 21.7. The minimum atomic E-state index is -0.219. The molecule has 0 saturated carbocycles. The molecular formula is C22H29N3O5. The zero-order valence-electron chi connectivity index (χ0n) is 17.8. The minimum absolute atomic E-state index is 0.116.